The van der Waals surface area contributed by atoms with Crippen LogP contribution in [0.15, 0.2) is 116 Å². The molecule has 0 amide bonds. The van der Waals surface area contributed by atoms with Crippen molar-refractivity contribution in [2.24, 2.45) is 17.8 Å². The van der Waals surface area contributed by atoms with Crippen molar-refractivity contribution < 1.29 is 13.9 Å². The van der Waals surface area contributed by atoms with E-state index in [4.69, 9.17) is 24.8 Å². The second-order valence-corrected chi connectivity index (χ2v) is 15.2. The van der Waals surface area contributed by atoms with Gasteiger partial charge in [0, 0.05) is 18.3 Å². The average molecular weight is 734 g/mol. The van der Waals surface area contributed by atoms with Gasteiger partial charge in [-0.15, -0.1) is 0 Å². The Morgan fingerprint density at radius 2 is 1.44 bits per heavy atom. The van der Waals surface area contributed by atoms with Gasteiger partial charge in [0.25, 0.3) is 0 Å². The molecule has 4 aromatic heterocycles. The van der Waals surface area contributed by atoms with E-state index >= 15 is 4.39 Å². The fourth-order valence-corrected chi connectivity index (χ4v) is 9.34. The third kappa shape index (κ3) is 5.77. The van der Waals surface area contributed by atoms with Crippen LogP contribution in [0, 0.1) is 23.6 Å². The lowest BCUT2D eigenvalue weighted by atomic mass is 9.61. The molecule has 9 nitrogen and oxygen atoms in total. The lowest BCUT2D eigenvalue weighted by Crippen LogP contribution is -2.52. The van der Waals surface area contributed by atoms with Crippen molar-refractivity contribution in [3.63, 3.8) is 0 Å². The summed E-state index contributed by atoms with van der Waals surface area (Å²) in [4.78, 5) is 28.7. The number of anilines is 1. The second kappa shape index (κ2) is 14.1. The summed E-state index contributed by atoms with van der Waals surface area (Å²) in [5.74, 6) is 0.622. The van der Waals surface area contributed by atoms with E-state index in [1.54, 1.807) is 0 Å². The summed E-state index contributed by atoms with van der Waals surface area (Å²) in [6.07, 6.45) is 7.41. The molecule has 0 saturated heterocycles. The fourth-order valence-electron chi connectivity index (χ4n) is 9.34. The predicted molar refractivity (Wildman–Crippen MR) is 212 cm³/mol. The molecule has 0 spiro atoms. The predicted octanol–water partition coefficient (Wildman–Crippen LogP) is 9.18. The monoisotopic (exact) mass is 733 g/mol. The topological polar surface area (TPSA) is 99.8 Å². The molecular weight excluding hydrogens is 690 g/mol. The van der Waals surface area contributed by atoms with Gasteiger partial charge < -0.3 is 14.6 Å². The van der Waals surface area contributed by atoms with Crippen LogP contribution in [-0.4, -0.2) is 47.9 Å². The van der Waals surface area contributed by atoms with Crippen LogP contribution in [0.1, 0.15) is 69.2 Å². The lowest BCUT2D eigenvalue weighted by molar-refractivity contribution is -0.154. The molecule has 10 heteroatoms. The summed E-state index contributed by atoms with van der Waals surface area (Å²) in [5.41, 5.74) is 3.48. The van der Waals surface area contributed by atoms with E-state index in [2.05, 4.69) is 60.1 Å². The van der Waals surface area contributed by atoms with Gasteiger partial charge in [-0.25, -0.2) is 24.0 Å². The highest BCUT2D eigenvalue weighted by molar-refractivity contribution is 5.94. The summed E-state index contributed by atoms with van der Waals surface area (Å²) in [6.45, 7) is 6.43. The number of halogens is 1. The quantitative estimate of drug-likeness (QED) is 0.111. The molecule has 3 fully saturated rings. The molecule has 3 aromatic carbocycles. The van der Waals surface area contributed by atoms with Crippen molar-refractivity contribution in [1.82, 2.24) is 29.3 Å². The molecule has 278 valence electrons. The van der Waals surface area contributed by atoms with Gasteiger partial charge >= 0.3 is 5.97 Å². The Bertz CT molecular complexity index is 2380. The highest BCUT2D eigenvalue weighted by Crippen LogP contribution is 2.48. The van der Waals surface area contributed by atoms with E-state index in [1.165, 1.54) is 12.3 Å². The normalized spacial score (nSPS) is 19.7. The minimum Gasteiger partial charge on any atom is -0.466 e. The first-order valence-corrected chi connectivity index (χ1v) is 19.4. The van der Waals surface area contributed by atoms with Gasteiger partial charge in [-0.2, -0.15) is 5.10 Å². The number of nitrogens with one attached hydrogen (secondary N) is 1. The molecule has 10 rings (SSSR count). The van der Waals surface area contributed by atoms with Crippen molar-refractivity contribution in [2.45, 2.75) is 64.1 Å². The number of aromatic nitrogens is 6. The van der Waals surface area contributed by atoms with E-state index in [0.29, 0.717) is 40.9 Å². The molecular formula is C45H44FN7O2. The van der Waals surface area contributed by atoms with E-state index in [9.17, 15) is 4.79 Å². The summed E-state index contributed by atoms with van der Waals surface area (Å²) in [7, 11) is 0. The maximum Gasteiger partial charge on any atom is 0.311 e. The number of ether oxygens (including phenoxy) is 1. The van der Waals surface area contributed by atoms with Crippen LogP contribution in [0.5, 0.6) is 0 Å². The summed E-state index contributed by atoms with van der Waals surface area (Å²) in [5, 5.41) is 10.5. The third-order valence-corrected chi connectivity index (χ3v) is 11.8. The van der Waals surface area contributed by atoms with Gasteiger partial charge in [0.1, 0.15) is 28.5 Å². The molecule has 0 unspecified atom stereocenters. The van der Waals surface area contributed by atoms with Gasteiger partial charge in [0.05, 0.1) is 29.5 Å². The number of hydrogen-bond acceptors (Lipinski definition) is 7. The summed E-state index contributed by atoms with van der Waals surface area (Å²) < 4.78 is 25.1. The third-order valence-electron chi connectivity index (χ3n) is 11.8. The molecule has 2 bridgehead atoms. The second-order valence-electron chi connectivity index (χ2n) is 15.2. The average Bonchev–Trinajstić information content (AvgIpc) is 3.82. The minimum absolute atomic E-state index is 0.0985. The molecule has 7 aromatic rings. The Morgan fingerprint density at radius 3 is 2.02 bits per heavy atom. The molecule has 4 heterocycles. The van der Waals surface area contributed by atoms with Gasteiger partial charge in [0.15, 0.2) is 11.5 Å². The summed E-state index contributed by atoms with van der Waals surface area (Å²) >= 11 is 0. The van der Waals surface area contributed by atoms with Crippen LogP contribution in [0.4, 0.5) is 10.2 Å². The fraction of sp³-hybridized carbons (Fsp3) is 0.311. The van der Waals surface area contributed by atoms with Gasteiger partial charge in [-0.3, -0.25) is 4.79 Å². The van der Waals surface area contributed by atoms with Crippen molar-refractivity contribution in [3.8, 4) is 11.5 Å². The number of fused-ring (bicyclic) bond motifs is 5. The Morgan fingerprint density at radius 1 is 0.836 bits per heavy atom. The van der Waals surface area contributed by atoms with Gasteiger partial charge in [-0.05, 0) is 87.1 Å². The molecule has 0 radical (unpaired) electrons. The van der Waals surface area contributed by atoms with Crippen LogP contribution in [0.3, 0.4) is 0 Å². The molecule has 0 aliphatic heterocycles. The maximum absolute atomic E-state index is 15.4. The molecule has 55 heavy (non-hydrogen) atoms. The van der Waals surface area contributed by atoms with Crippen molar-refractivity contribution in [2.75, 3.05) is 11.9 Å². The van der Waals surface area contributed by atoms with E-state index < -0.39 is 11.4 Å². The largest absolute Gasteiger partial charge is 0.466 e. The number of carbonyl (C=O) groups is 1. The van der Waals surface area contributed by atoms with Crippen molar-refractivity contribution in [3.05, 3.63) is 138 Å². The van der Waals surface area contributed by atoms with Crippen LogP contribution < -0.4 is 5.32 Å². The number of hydrogen-bond donors (Lipinski definition) is 1. The lowest BCUT2D eigenvalue weighted by Gasteiger charge is -2.47. The standard InChI is InChI=1S/C45H44FN7O2/c1-4-55-44(54)37-29-20-22-30(23-21-29)38(37)48-40-35-24-25-52(28(2)3)43(35)50-41(49-40)39-36-26-34(46)27-47-42(36)53(51-39)45(31-14-8-5-9-15-31,32-16-10-6-11-17-32)33-18-12-7-13-19-33/h5-19,24-30,37-38H,4,20-23H2,1-3H3,(H,48,49,50)/t29?,30?,37-,38-/m0/s1. The highest BCUT2D eigenvalue weighted by atomic mass is 19.1. The highest BCUT2D eigenvalue weighted by Gasteiger charge is 2.48. The number of pyridine rings is 1. The zero-order chi connectivity index (χ0) is 37.7. The number of nitrogens with zero attached hydrogens (tertiary/aromatic N) is 6. The Balaban J connectivity index is 1.30. The SMILES string of the molecule is CCOC(=O)[C@H]1C2CCC(CC2)[C@@H]1Nc1nc(-c2nn(C(c3ccccc3)(c3ccccc3)c3ccccc3)c3ncc(F)cc23)nc2c1ccn2C(C)C. The van der Waals surface area contributed by atoms with Gasteiger partial charge in [-0.1, -0.05) is 91.0 Å². The number of benzene rings is 3. The number of esters is 1. The van der Waals surface area contributed by atoms with Crippen molar-refractivity contribution in [1.29, 1.82) is 0 Å². The smallest absolute Gasteiger partial charge is 0.311 e. The Labute approximate surface area is 319 Å². The molecule has 1 N–H and O–H groups in total. The van der Waals surface area contributed by atoms with Crippen LogP contribution >= 0.6 is 0 Å². The molecule has 2 atom stereocenters. The molecule has 3 saturated carbocycles. The first kappa shape index (κ1) is 34.8. The Kier molecular flexibility index (Phi) is 8.91. The minimum atomic E-state index is -1.01. The first-order chi connectivity index (χ1) is 26.9. The molecule has 3 aliphatic carbocycles. The Hall–Kier alpha value is -5.90. The summed E-state index contributed by atoms with van der Waals surface area (Å²) in [6, 6.07) is 34.1. The van der Waals surface area contributed by atoms with Gasteiger partial charge in [0.2, 0.25) is 0 Å². The van der Waals surface area contributed by atoms with E-state index in [0.717, 1.165) is 53.4 Å². The van der Waals surface area contributed by atoms with Crippen molar-refractivity contribution >= 4 is 33.9 Å². The molecule has 3 aliphatic rings. The zero-order valence-electron chi connectivity index (χ0n) is 31.3. The van der Waals surface area contributed by atoms with Crippen LogP contribution in [-0.2, 0) is 15.1 Å². The maximum atomic E-state index is 15.4. The van der Waals surface area contributed by atoms with E-state index in [1.807, 2.05) is 78.5 Å². The first-order valence-electron chi connectivity index (χ1n) is 19.4. The number of carbonyl (C=O) groups excluding carboxylic acids is 1. The number of rotatable bonds is 10. The van der Waals surface area contributed by atoms with Crippen LogP contribution in [0.25, 0.3) is 33.6 Å². The van der Waals surface area contributed by atoms with E-state index in [-0.39, 0.29) is 29.9 Å². The van der Waals surface area contributed by atoms with Crippen LogP contribution in [0.2, 0.25) is 0 Å². The zero-order valence-corrected chi connectivity index (χ0v) is 31.3.